The third kappa shape index (κ3) is 3.68. The van der Waals surface area contributed by atoms with Gasteiger partial charge in [-0.2, -0.15) is 15.0 Å². The molecule has 0 aliphatic carbocycles. The van der Waals surface area contributed by atoms with Gasteiger partial charge in [0.2, 0.25) is 11.9 Å². The first kappa shape index (κ1) is 13.4. The molecule has 0 saturated heterocycles. The number of nitrogen functional groups attached to an aromatic ring is 1. The number of nitrogens with two attached hydrogens (primary N) is 1. The van der Waals surface area contributed by atoms with Crippen LogP contribution in [0.3, 0.4) is 0 Å². The van der Waals surface area contributed by atoms with Gasteiger partial charge in [0.25, 0.3) is 0 Å². The van der Waals surface area contributed by atoms with Crippen LogP contribution in [0.5, 0.6) is 6.01 Å². The number of rotatable bonds is 7. The molecule has 4 N–H and O–H groups in total. The molecule has 17 heavy (non-hydrogen) atoms. The van der Waals surface area contributed by atoms with Crippen molar-refractivity contribution >= 4 is 11.9 Å². The summed E-state index contributed by atoms with van der Waals surface area (Å²) in [6.45, 7) is 5.56. The monoisotopic (exact) mass is 242 g/mol. The molecule has 0 spiro atoms. The Labute approximate surface area is 99.8 Å². The van der Waals surface area contributed by atoms with Crippen molar-refractivity contribution in [3.63, 3.8) is 0 Å². The number of hydrazine groups is 1. The quantitative estimate of drug-likeness (QED) is 0.428. The van der Waals surface area contributed by atoms with Crippen LogP contribution in [0.4, 0.5) is 11.9 Å². The van der Waals surface area contributed by atoms with Crippen molar-refractivity contribution in [1.29, 1.82) is 0 Å². The first-order valence-electron chi connectivity index (χ1n) is 5.46. The third-order valence-electron chi connectivity index (χ3n) is 2.10. The highest BCUT2D eigenvalue weighted by Gasteiger charge is 2.11. The summed E-state index contributed by atoms with van der Waals surface area (Å²) >= 11 is 0. The van der Waals surface area contributed by atoms with E-state index >= 15 is 0 Å². The largest absolute Gasteiger partial charge is 0.461 e. The predicted molar refractivity (Wildman–Crippen MR) is 63.8 cm³/mol. The van der Waals surface area contributed by atoms with Crippen molar-refractivity contribution < 1.29 is 9.84 Å². The lowest BCUT2D eigenvalue weighted by molar-refractivity contribution is 0.191. The van der Waals surface area contributed by atoms with E-state index in [-0.39, 0.29) is 25.2 Å². The van der Waals surface area contributed by atoms with Gasteiger partial charge in [-0.1, -0.05) is 0 Å². The van der Waals surface area contributed by atoms with Crippen LogP contribution in [0.15, 0.2) is 0 Å². The van der Waals surface area contributed by atoms with Crippen molar-refractivity contribution in [2.24, 2.45) is 5.84 Å². The standard InChI is InChI=1S/C9H18N6O2/c1-3-15(4-2)8-11-7(14-10)12-9(13-8)17-6-5-16/h16H,3-6,10H2,1-2H3,(H,11,12,13,14). The molecule has 1 rings (SSSR count). The van der Waals surface area contributed by atoms with Gasteiger partial charge in [0.05, 0.1) is 6.61 Å². The normalized spacial score (nSPS) is 10.1. The molecule has 0 atom stereocenters. The lowest BCUT2D eigenvalue weighted by Gasteiger charge is -2.19. The molecule has 0 fully saturated rings. The smallest absolute Gasteiger partial charge is 0.323 e. The fourth-order valence-corrected chi connectivity index (χ4v) is 1.26. The second kappa shape index (κ2) is 6.81. The molecule has 0 bridgehead atoms. The predicted octanol–water partition coefficient (Wildman–Crippen LogP) is -0.625. The number of aromatic nitrogens is 3. The van der Waals surface area contributed by atoms with E-state index in [1.165, 1.54) is 0 Å². The van der Waals surface area contributed by atoms with Crippen molar-refractivity contribution in [3.8, 4) is 6.01 Å². The summed E-state index contributed by atoms with van der Waals surface area (Å²) in [5, 5.41) is 8.68. The number of hydrogen-bond acceptors (Lipinski definition) is 8. The van der Waals surface area contributed by atoms with Crippen LogP contribution in [0.2, 0.25) is 0 Å². The summed E-state index contributed by atoms with van der Waals surface area (Å²) in [5.41, 5.74) is 2.36. The summed E-state index contributed by atoms with van der Waals surface area (Å²) in [4.78, 5) is 14.1. The molecule has 0 unspecified atom stereocenters. The third-order valence-corrected chi connectivity index (χ3v) is 2.10. The molecule has 0 amide bonds. The minimum absolute atomic E-state index is 0.0995. The van der Waals surface area contributed by atoms with Crippen LogP contribution < -0.4 is 20.9 Å². The Morgan fingerprint density at radius 3 is 2.53 bits per heavy atom. The van der Waals surface area contributed by atoms with Crippen LogP contribution in [0.1, 0.15) is 13.8 Å². The van der Waals surface area contributed by atoms with Gasteiger partial charge >= 0.3 is 6.01 Å². The van der Waals surface area contributed by atoms with Gasteiger partial charge in [0.1, 0.15) is 6.61 Å². The number of anilines is 2. The Bertz CT molecular complexity index is 344. The molecule has 0 aromatic carbocycles. The van der Waals surface area contributed by atoms with Crippen molar-refractivity contribution in [2.75, 3.05) is 36.6 Å². The fourth-order valence-electron chi connectivity index (χ4n) is 1.26. The number of nitrogens with zero attached hydrogens (tertiary/aromatic N) is 4. The van der Waals surface area contributed by atoms with Crippen LogP contribution in [-0.4, -0.2) is 46.4 Å². The van der Waals surface area contributed by atoms with Crippen molar-refractivity contribution in [2.45, 2.75) is 13.8 Å². The lowest BCUT2D eigenvalue weighted by atomic mass is 10.5. The Balaban J connectivity index is 2.95. The maximum atomic E-state index is 8.68. The molecule has 0 saturated carbocycles. The zero-order valence-corrected chi connectivity index (χ0v) is 10.1. The molecule has 0 radical (unpaired) electrons. The number of nitrogens with one attached hydrogen (secondary N) is 1. The Morgan fingerprint density at radius 2 is 2.00 bits per heavy atom. The van der Waals surface area contributed by atoms with E-state index in [9.17, 15) is 0 Å². The van der Waals surface area contributed by atoms with E-state index in [1.807, 2.05) is 18.7 Å². The molecule has 8 nitrogen and oxygen atoms in total. The van der Waals surface area contributed by atoms with Crippen LogP contribution in [-0.2, 0) is 0 Å². The topological polar surface area (TPSA) is 109 Å². The zero-order valence-electron chi connectivity index (χ0n) is 10.1. The number of ether oxygens (including phenoxy) is 1. The summed E-state index contributed by atoms with van der Waals surface area (Å²) in [7, 11) is 0. The molecule has 0 aliphatic heterocycles. The van der Waals surface area contributed by atoms with Gasteiger partial charge in [0.15, 0.2) is 0 Å². The second-order valence-electron chi connectivity index (χ2n) is 3.13. The van der Waals surface area contributed by atoms with Gasteiger partial charge in [-0.15, -0.1) is 0 Å². The van der Waals surface area contributed by atoms with E-state index in [0.29, 0.717) is 5.95 Å². The van der Waals surface area contributed by atoms with Gasteiger partial charge in [0, 0.05) is 13.1 Å². The minimum Gasteiger partial charge on any atom is -0.461 e. The van der Waals surface area contributed by atoms with E-state index in [2.05, 4.69) is 20.4 Å². The van der Waals surface area contributed by atoms with Gasteiger partial charge in [-0.3, -0.25) is 5.43 Å². The van der Waals surface area contributed by atoms with Crippen molar-refractivity contribution in [3.05, 3.63) is 0 Å². The first-order chi connectivity index (χ1) is 8.24. The summed E-state index contributed by atoms with van der Waals surface area (Å²) in [5.74, 6) is 6.00. The second-order valence-corrected chi connectivity index (χ2v) is 3.13. The van der Waals surface area contributed by atoms with Crippen LogP contribution in [0, 0.1) is 0 Å². The summed E-state index contributed by atoms with van der Waals surface area (Å²) in [6.07, 6.45) is 0. The number of aliphatic hydroxyl groups excluding tert-OH is 1. The van der Waals surface area contributed by atoms with Crippen molar-refractivity contribution in [1.82, 2.24) is 15.0 Å². The molecule has 1 heterocycles. The average molecular weight is 242 g/mol. The molecule has 1 aromatic heterocycles. The maximum absolute atomic E-state index is 8.68. The maximum Gasteiger partial charge on any atom is 0.323 e. The Morgan fingerprint density at radius 1 is 1.29 bits per heavy atom. The molecule has 1 aromatic rings. The average Bonchev–Trinajstić information content (AvgIpc) is 2.37. The van der Waals surface area contributed by atoms with Gasteiger partial charge in [-0.05, 0) is 13.8 Å². The zero-order chi connectivity index (χ0) is 12.7. The molecular weight excluding hydrogens is 224 g/mol. The Hall–Kier alpha value is -1.67. The molecule has 0 aliphatic rings. The van der Waals surface area contributed by atoms with Crippen LogP contribution >= 0.6 is 0 Å². The molecule has 8 heteroatoms. The lowest BCUT2D eigenvalue weighted by Crippen LogP contribution is -2.25. The van der Waals surface area contributed by atoms with Crippen LogP contribution in [0.25, 0.3) is 0 Å². The van der Waals surface area contributed by atoms with E-state index in [1.54, 1.807) is 0 Å². The SMILES string of the molecule is CCN(CC)c1nc(NN)nc(OCCO)n1. The highest BCUT2D eigenvalue weighted by molar-refractivity contribution is 5.37. The highest BCUT2D eigenvalue weighted by atomic mass is 16.5. The first-order valence-corrected chi connectivity index (χ1v) is 5.46. The highest BCUT2D eigenvalue weighted by Crippen LogP contribution is 2.14. The number of aliphatic hydroxyl groups is 1. The Kier molecular flexibility index (Phi) is 5.37. The van der Waals surface area contributed by atoms with Gasteiger partial charge < -0.3 is 14.7 Å². The van der Waals surface area contributed by atoms with E-state index < -0.39 is 0 Å². The van der Waals surface area contributed by atoms with Gasteiger partial charge in [-0.25, -0.2) is 5.84 Å². The van der Waals surface area contributed by atoms with E-state index in [4.69, 9.17) is 15.7 Å². The summed E-state index contributed by atoms with van der Waals surface area (Å²) < 4.78 is 5.14. The molecule has 96 valence electrons. The molecular formula is C9H18N6O2. The summed E-state index contributed by atoms with van der Waals surface area (Å²) in [6, 6.07) is 0.143. The minimum atomic E-state index is -0.0995. The van der Waals surface area contributed by atoms with E-state index in [0.717, 1.165) is 13.1 Å². The number of hydrogen-bond donors (Lipinski definition) is 3. The fraction of sp³-hybridized carbons (Fsp3) is 0.667.